The average molecular weight is 260 g/mol. The van der Waals surface area contributed by atoms with E-state index in [9.17, 15) is 9.90 Å². The molecule has 1 fully saturated rings. The Morgan fingerprint density at radius 2 is 2.21 bits per heavy atom. The Morgan fingerprint density at radius 1 is 1.53 bits per heavy atom. The fourth-order valence-corrected chi connectivity index (χ4v) is 2.32. The zero-order valence-corrected chi connectivity index (χ0v) is 10.7. The van der Waals surface area contributed by atoms with Crippen molar-refractivity contribution in [3.8, 4) is 6.07 Å². The van der Waals surface area contributed by atoms with Crippen molar-refractivity contribution in [2.75, 3.05) is 19.8 Å². The van der Waals surface area contributed by atoms with E-state index in [1.54, 1.807) is 12.1 Å². The number of hydrogen-bond donors (Lipinski definition) is 1. The Balaban J connectivity index is 2.18. The van der Waals surface area contributed by atoms with E-state index in [2.05, 4.69) is 6.07 Å². The molecule has 2 unspecified atom stereocenters. The fraction of sp³-hybridized carbons (Fsp3) is 0.429. The Kier molecular flexibility index (Phi) is 4.15. The van der Waals surface area contributed by atoms with Crippen molar-refractivity contribution in [2.45, 2.75) is 19.0 Å². The summed E-state index contributed by atoms with van der Waals surface area (Å²) in [6, 6.07) is 8.69. The first-order chi connectivity index (χ1) is 9.13. The molecule has 0 bridgehead atoms. The third-order valence-electron chi connectivity index (χ3n) is 3.47. The van der Waals surface area contributed by atoms with Crippen molar-refractivity contribution in [3.05, 3.63) is 35.4 Å². The summed E-state index contributed by atoms with van der Waals surface area (Å²) >= 11 is 0. The summed E-state index contributed by atoms with van der Waals surface area (Å²) in [4.78, 5) is 13.2. The smallest absolute Gasteiger partial charge is 0.323 e. The molecule has 1 aliphatic heterocycles. The Labute approximate surface area is 112 Å². The molecule has 1 aromatic rings. The van der Waals surface area contributed by atoms with Crippen LogP contribution in [-0.4, -0.2) is 41.8 Å². The van der Waals surface area contributed by atoms with Crippen LogP contribution in [0.25, 0.3) is 0 Å². The molecule has 5 nitrogen and oxygen atoms in total. The predicted molar refractivity (Wildman–Crippen MR) is 68.5 cm³/mol. The second-order valence-corrected chi connectivity index (χ2v) is 4.58. The average Bonchev–Trinajstić information content (AvgIpc) is 2.46. The quantitative estimate of drug-likeness (QED) is 0.889. The van der Waals surface area contributed by atoms with Crippen LogP contribution in [0, 0.1) is 11.3 Å². The van der Waals surface area contributed by atoms with Crippen LogP contribution in [0.4, 0.5) is 0 Å². The van der Waals surface area contributed by atoms with Gasteiger partial charge >= 0.3 is 5.97 Å². The molecule has 1 heterocycles. The van der Waals surface area contributed by atoms with Crippen molar-refractivity contribution in [3.63, 3.8) is 0 Å². The molecule has 0 aromatic heterocycles. The summed E-state index contributed by atoms with van der Waals surface area (Å²) < 4.78 is 5.23. The molecule has 0 radical (unpaired) electrons. The van der Waals surface area contributed by atoms with Gasteiger partial charge in [-0.15, -0.1) is 0 Å². The summed E-state index contributed by atoms with van der Waals surface area (Å²) in [5, 5.41) is 18.0. The molecule has 0 spiro atoms. The molecule has 1 saturated heterocycles. The van der Waals surface area contributed by atoms with Crippen LogP contribution in [0.3, 0.4) is 0 Å². The molecule has 0 saturated carbocycles. The van der Waals surface area contributed by atoms with Gasteiger partial charge in [0.05, 0.1) is 24.8 Å². The number of carboxylic acids is 1. The summed E-state index contributed by atoms with van der Waals surface area (Å²) in [6.45, 7) is 3.33. The van der Waals surface area contributed by atoms with Crippen LogP contribution >= 0.6 is 0 Å². The third kappa shape index (κ3) is 2.92. The molecule has 0 aliphatic carbocycles. The van der Waals surface area contributed by atoms with Gasteiger partial charge in [0.1, 0.15) is 6.04 Å². The number of rotatable bonds is 3. The molecular formula is C14H16N2O3. The number of aliphatic carboxylic acids is 1. The summed E-state index contributed by atoms with van der Waals surface area (Å²) in [5.74, 6) is -0.861. The zero-order valence-electron chi connectivity index (χ0n) is 10.7. The van der Waals surface area contributed by atoms with Gasteiger partial charge in [-0.2, -0.15) is 5.26 Å². The standard InChI is InChI=1S/C14H16N2O3/c1-10(12-4-2-11(8-15)3-5-12)16-6-7-19-9-13(16)14(17)18/h2-5,10,13H,6-7,9H2,1H3,(H,17,18). The van der Waals surface area contributed by atoms with Crippen LogP contribution in [-0.2, 0) is 9.53 Å². The highest BCUT2D eigenvalue weighted by atomic mass is 16.5. The highest BCUT2D eigenvalue weighted by molar-refractivity contribution is 5.73. The van der Waals surface area contributed by atoms with Gasteiger partial charge in [0, 0.05) is 12.6 Å². The van der Waals surface area contributed by atoms with Crippen molar-refractivity contribution in [2.24, 2.45) is 0 Å². The van der Waals surface area contributed by atoms with Crippen LogP contribution in [0.2, 0.25) is 0 Å². The molecular weight excluding hydrogens is 244 g/mol. The van der Waals surface area contributed by atoms with Crippen molar-refractivity contribution < 1.29 is 14.6 Å². The minimum absolute atomic E-state index is 0.0160. The zero-order chi connectivity index (χ0) is 13.8. The molecule has 2 atom stereocenters. The first-order valence-corrected chi connectivity index (χ1v) is 6.20. The van der Waals surface area contributed by atoms with Crippen molar-refractivity contribution >= 4 is 5.97 Å². The Hall–Kier alpha value is -1.90. The number of nitrogens with zero attached hydrogens (tertiary/aromatic N) is 2. The number of carbonyl (C=O) groups is 1. The number of hydrogen-bond acceptors (Lipinski definition) is 4. The molecule has 5 heteroatoms. The van der Waals surface area contributed by atoms with E-state index in [1.807, 2.05) is 24.0 Å². The first kappa shape index (κ1) is 13.5. The van der Waals surface area contributed by atoms with E-state index in [0.29, 0.717) is 18.7 Å². The number of nitriles is 1. The lowest BCUT2D eigenvalue weighted by Gasteiger charge is -2.37. The minimum atomic E-state index is -0.861. The highest BCUT2D eigenvalue weighted by Crippen LogP contribution is 2.24. The number of morpholine rings is 1. The van der Waals surface area contributed by atoms with Gasteiger partial charge in [0.15, 0.2) is 0 Å². The topological polar surface area (TPSA) is 73.6 Å². The molecule has 1 N–H and O–H groups in total. The molecule has 19 heavy (non-hydrogen) atoms. The Bertz CT molecular complexity index is 492. The van der Waals surface area contributed by atoms with Gasteiger partial charge in [-0.05, 0) is 24.6 Å². The van der Waals surface area contributed by atoms with Gasteiger partial charge in [0.2, 0.25) is 0 Å². The molecule has 100 valence electrons. The maximum atomic E-state index is 11.2. The number of benzene rings is 1. The Morgan fingerprint density at radius 3 is 2.79 bits per heavy atom. The molecule has 0 amide bonds. The number of carboxylic acid groups (broad SMARTS) is 1. The van der Waals surface area contributed by atoms with Gasteiger partial charge < -0.3 is 9.84 Å². The third-order valence-corrected chi connectivity index (χ3v) is 3.47. The lowest BCUT2D eigenvalue weighted by atomic mass is 10.0. The van der Waals surface area contributed by atoms with E-state index in [-0.39, 0.29) is 12.6 Å². The van der Waals surface area contributed by atoms with Crippen LogP contribution in [0.1, 0.15) is 24.1 Å². The van der Waals surface area contributed by atoms with E-state index in [0.717, 1.165) is 5.56 Å². The van der Waals surface area contributed by atoms with E-state index in [1.165, 1.54) is 0 Å². The maximum absolute atomic E-state index is 11.2. The van der Waals surface area contributed by atoms with Crippen LogP contribution in [0.5, 0.6) is 0 Å². The lowest BCUT2D eigenvalue weighted by molar-refractivity contribution is -0.151. The van der Waals surface area contributed by atoms with Crippen LogP contribution in [0.15, 0.2) is 24.3 Å². The minimum Gasteiger partial charge on any atom is -0.480 e. The van der Waals surface area contributed by atoms with Gasteiger partial charge in [-0.25, -0.2) is 0 Å². The second kappa shape index (κ2) is 5.83. The highest BCUT2D eigenvalue weighted by Gasteiger charge is 2.32. The van der Waals surface area contributed by atoms with E-state index >= 15 is 0 Å². The number of ether oxygens (including phenoxy) is 1. The first-order valence-electron chi connectivity index (χ1n) is 6.20. The van der Waals surface area contributed by atoms with Crippen LogP contribution < -0.4 is 0 Å². The monoisotopic (exact) mass is 260 g/mol. The maximum Gasteiger partial charge on any atom is 0.323 e. The SMILES string of the molecule is CC(c1ccc(C#N)cc1)N1CCOCC1C(=O)O. The van der Waals surface area contributed by atoms with Gasteiger partial charge in [-0.3, -0.25) is 9.69 Å². The molecule has 1 aromatic carbocycles. The van der Waals surface area contributed by atoms with E-state index < -0.39 is 12.0 Å². The second-order valence-electron chi connectivity index (χ2n) is 4.58. The van der Waals surface area contributed by atoms with Crippen molar-refractivity contribution in [1.82, 2.24) is 4.90 Å². The molecule has 2 rings (SSSR count). The van der Waals surface area contributed by atoms with Gasteiger partial charge in [0.25, 0.3) is 0 Å². The van der Waals surface area contributed by atoms with Gasteiger partial charge in [-0.1, -0.05) is 12.1 Å². The largest absolute Gasteiger partial charge is 0.480 e. The summed E-state index contributed by atoms with van der Waals surface area (Å²) in [6.07, 6.45) is 0. The lowest BCUT2D eigenvalue weighted by Crippen LogP contribution is -2.50. The summed E-state index contributed by atoms with van der Waals surface area (Å²) in [5.41, 5.74) is 1.61. The normalized spacial score (nSPS) is 21.6. The predicted octanol–water partition coefficient (Wildman–Crippen LogP) is 1.40. The van der Waals surface area contributed by atoms with Crippen molar-refractivity contribution in [1.29, 1.82) is 5.26 Å². The fourth-order valence-electron chi connectivity index (χ4n) is 2.32. The van der Waals surface area contributed by atoms with E-state index in [4.69, 9.17) is 10.00 Å². The summed E-state index contributed by atoms with van der Waals surface area (Å²) in [7, 11) is 0. The molecule has 1 aliphatic rings.